The van der Waals surface area contributed by atoms with Gasteiger partial charge in [0.2, 0.25) is 0 Å². The molecule has 4 aliphatic rings. The van der Waals surface area contributed by atoms with Gasteiger partial charge in [-0.3, -0.25) is 0 Å². The summed E-state index contributed by atoms with van der Waals surface area (Å²) in [4.78, 5) is 5.42. The molecule has 14 rings (SSSR count). The van der Waals surface area contributed by atoms with Crippen LogP contribution in [-0.2, 0) is 21.7 Å². The standard InChI is InChI=1S/C65H59BN2OS/c1-38-31-49-51(64(6,7)29-27-62(49,2)3)36-53(38)67-58-48-35-50-52(65(8,9)30-28-63(50,4)5)37-56(48)70-61(58)66-57-46(34-47-44-21-15-16-22-55(44)69-60(47)59(57)67)45-32-41-19-13-14-20-42(41)33-54(45)68(66)43-25-23-40(24-26-43)39-17-11-10-12-18-39/h10-26,31-37H,27-30H2,1-9H3. The first kappa shape index (κ1) is 42.3. The predicted molar refractivity (Wildman–Crippen MR) is 301 cm³/mol. The van der Waals surface area contributed by atoms with Crippen molar-refractivity contribution < 1.29 is 4.42 Å². The summed E-state index contributed by atoms with van der Waals surface area (Å²) in [5.74, 6) is 0. The molecule has 0 bridgehead atoms. The van der Waals surface area contributed by atoms with Crippen LogP contribution in [0.15, 0.2) is 150 Å². The van der Waals surface area contributed by atoms with Crippen molar-refractivity contribution in [2.45, 2.75) is 110 Å². The van der Waals surface area contributed by atoms with E-state index < -0.39 is 0 Å². The molecule has 0 atom stereocenters. The number of thiophene rings is 1. The summed E-state index contributed by atoms with van der Waals surface area (Å²) in [6.45, 7) is 22.0. The lowest BCUT2D eigenvalue weighted by Gasteiger charge is -2.46. The zero-order chi connectivity index (χ0) is 47.8. The molecule has 2 aliphatic carbocycles. The van der Waals surface area contributed by atoms with Gasteiger partial charge in [-0.2, -0.15) is 0 Å². The molecule has 0 radical (unpaired) electrons. The van der Waals surface area contributed by atoms with E-state index in [4.69, 9.17) is 4.42 Å². The van der Waals surface area contributed by atoms with Crippen LogP contribution in [0.2, 0.25) is 0 Å². The fourth-order valence-corrected chi connectivity index (χ4v) is 14.7. The molecule has 0 N–H and O–H groups in total. The Hall–Kier alpha value is -6.56. The fraction of sp³-hybridized carbons (Fsp3) is 0.262. The molecule has 5 heteroatoms. The number of hydrogen-bond acceptors (Lipinski definition) is 4. The molecule has 0 saturated carbocycles. The first-order chi connectivity index (χ1) is 33.6. The average molecular weight is 927 g/mol. The van der Waals surface area contributed by atoms with Gasteiger partial charge in [-0.05, 0) is 170 Å². The van der Waals surface area contributed by atoms with Crippen molar-refractivity contribution in [1.82, 2.24) is 0 Å². The van der Waals surface area contributed by atoms with Crippen molar-refractivity contribution in [3.05, 3.63) is 173 Å². The third kappa shape index (κ3) is 5.88. The molecule has 0 amide bonds. The third-order valence-corrected chi connectivity index (χ3v) is 18.8. The summed E-state index contributed by atoms with van der Waals surface area (Å²) in [5, 5.41) is 6.13. The molecule has 2 aliphatic heterocycles. The molecule has 8 aromatic carbocycles. The number of rotatable bonds is 3. The third-order valence-electron chi connectivity index (χ3n) is 17.6. The molecule has 0 spiro atoms. The van der Waals surface area contributed by atoms with Gasteiger partial charge < -0.3 is 14.1 Å². The average Bonchev–Trinajstić information content (AvgIpc) is 3.92. The van der Waals surface area contributed by atoms with Gasteiger partial charge in [0.15, 0.2) is 5.58 Å². The molecule has 0 fully saturated rings. The molecule has 70 heavy (non-hydrogen) atoms. The van der Waals surface area contributed by atoms with E-state index >= 15 is 0 Å². The largest absolute Gasteiger partial charge is 0.454 e. The number of fused-ring (bicyclic) bond motifs is 13. The Balaban J connectivity index is 1.16. The summed E-state index contributed by atoms with van der Waals surface area (Å²) in [7, 11) is 0. The van der Waals surface area contributed by atoms with Crippen LogP contribution in [0.4, 0.5) is 28.4 Å². The second-order valence-corrected chi connectivity index (χ2v) is 24.9. The minimum Gasteiger partial charge on any atom is -0.454 e. The highest BCUT2D eigenvalue weighted by Crippen LogP contribution is 2.57. The Labute approximate surface area is 416 Å². The molecule has 10 aromatic rings. The van der Waals surface area contributed by atoms with Crippen LogP contribution >= 0.6 is 11.3 Å². The van der Waals surface area contributed by atoms with Crippen LogP contribution in [-0.4, -0.2) is 6.85 Å². The smallest absolute Gasteiger partial charge is 0.343 e. The van der Waals surface area contributed by atoms with Gasteiger partial charge in [0.05, 0.1) is 11.4 Å². The quantitative estimate of drug-likeness (QED) is 0.165. The van der Waals surface area contributed by atoms with Crippen molar-refractivity contribution in [3.63, 3.8) is 0 Å². The summed E-state index contributed by atoms with van der Waals surface area (Å²) in [6, 6.07) is 55.6. The normalized spacial score (nSPS) is 17.9. The van der Waals surface area contributed by atoms with E-state index in [1.165, 1.54) is 122 Å². The molecule has 3 nitrogen and oxygen atoms in total. The second kappa shape index (κ2) is 14.3. The molecule has 4 heterocycles. The molecule has 0 saturated heterocycles. The molecule has 0 unspecified atom stereocenters. The zero-order valence-electron chi connectivity index (χ0n) is 42.0. The number of nitrogens with zero attached hydrogens (tertiary/aromatic N) is 2. The van der Waals surface area contributed by atoms with Gasteiger partial charge in [0.25, 0.3) is 0 Å². The first-order valence-electron chi connectivity index (χ1n) is 25.6. The van der Waals surface area contributed by atoms with E-state index in [0.29, 0.717) is 0 Å². The maximum absolute atomic E-state index is 7.36. The first-order valence-corrected chi connectivity index (χ1v) is 26.4. The highest BCUT2D eigenvalue weighted by atomic mass is 32.1. The number of furan rings is 1. The SMILES string of the molecule is Cc1cc2c(cc1N1c3c(sc4cc5c(cc34)C(C)(C)CCC5(C)C)B3c4c(cc5c(oc6ccccc65)c41)-c1cc4ccccc4cc1N3c1ccc(-c3ccccc3)cc1)C(C)(C)CCC2(C)C. The van der Waals surface area contributed by atoms with Crippen LogP contribution in [0.3, 0.4) is 0 Å². The van der Waals surface area contributed by atoms with E-state index in [1.54, 1.807) is 0 Å². The monoisotopic (exact) mass is 926 g/mol. The maximum Gasteiger partial charge on any atom is 0.343 e. The molecule has 2 aromatic heterocycles. The van der Waals surface area contributed by atoms with Crippen molar-refractivity contribution in [2.24, 2.45) is 0 Å². The summed E-state index contributed by atoms with van der Waals surface area (Å²) in [6.07, 6.45) is 4.67. The van der Waals surface area contributed by atoms with Crippen LogP contribution in [0.5, 0.6) is 0 Å². The van der Waals surface area contributed by atoms with Gasteiger partial charge >= 0.3 is 6.85 Å². The molecular weight excluding hydrogens is 868 g/mol. The maximum atomic E-state index is 7.36. The highest BCUT2D eigenvalue weighted by molar-refractivity contribution is 7.32. The lowest BCUT2D eigenvalue weighted by atomic mass is 9.46. The van der Waals surface area contributed by atoms with Crippen molar-refractivity contribution >= 4 is 99.7 Å². The van der Waals surface area contributed by atoms with E-state index in [0.717, 1.165) is 34.8 Å². The number of anilines is 5. The summed E-state index contributed by atoms with van der Waals surface area (Å²) in [5.41, 5.74) is 21.7. The Morgan fingerprint density at radius 3 is 1.79 bits per heavy atom. The molecular formula is C65H59BN2OS. The van der Waals surface area contributed by atoms with Gasteiger partial charge in [-0.1, -0.05) is 146 Å². The van der Waals surface area contributed by atoms with Gasteiger partial charge in [0, 0.05) is 48.3 Å². The van der Waals surface area contributed by atoms with Gasteiger partial charge in [-0.15, -0.1) is 11.3 Å². The number of benzene rings is 8. The van der Waals surface area contributed by atoms with Gasteiger partial charge in [-0.25, -0.2) is 0 Å². The zero-order valence-corrected chi connectivity index (χ0v) is 42.8. The van der Waals surface area contributed by atoms with Crippen molar-refractivity contribution in [2.75, 3.05) is 9.71 Å². The fourth-order valence-electron chi connectivity index (χ4n) is 13.4. The summed E-state index contributed by atoms with van der Waals surface area (Å²) < 4.78 is 10.1. The van der Waals surface area contributed by atoms with Crippen LogP contribution < -0.4 is 20.0 Å². The Bertz CT molecular complexity index is 3870. The number of hydrogen-bond donors (Lipinski definition) is 0. The predicted octanol–water partition coefficient (Wildman–Crippen LogP) is 17.3. The highest BCUT2D eigenvalue weighted by Gasteiger charge is 2.50. The Kier molecular flexibility index (Phi) is 8.64. The van der Waals surface area contributed by atoms with Crippen LogP contribution in [0, 0.1) is 6.92 Å². The molecule has 344 valence electrons. The van der Waals surface area contributed by atoms with Crippen LogP contribution in [0.1, 0.15) is 109 Å². The second-order valence-electron chi connectivity index (χ2n) is 23.8. The number of aryl methyl sites for hydroxylation is 1. The summed E-state index contributed by atoms with van der Waals surface area (Å²) >= 11 is 2.02. The lowest BCUT2D eigenvalue weighted by Crippen LogP contribution is -2.60. The van der Waals surface area contributed by atoms with E-state index in [1.807, 2.05) is 11.3 Å². The number of para-hydroxylation sites is 1. The van der Waals surface area contributed by atoms with Crippen molar-refractivity contribution in [3.8, 4) is 22.3 Å². The van der Waals surface area contributed by atoms with E-state index in [-0.39, 0.29) is 28.5 Å². The minimum absolute atomic E-state index is 0.0212. The lowest BCUT2D eigenvalue weighted by molar-refractivity contribution is 0.332. The Morgan fingerprint density at radius 2 is 1.09 bits per heavy atom. The van der Waals surface area contributed by atoms with E-state index in [9.17, 15) is 0 Å². The van der Waals surface area contributed by atoms with E-state index in [2.05, 4.69) is 218 Å². The van der Waals surface area contributed by atoms with Gasteiger partial charge in [0.1, 0.15) is 5.58 Å². The topological polar surface area (TPSA) is 19.6 Å². The van der Waals surface area contributed by atoms with Crippen molar-refractivity contribution in [1.29, 1.82) is 0 Å². The minimum atomic E-state index is -0.145. The Morgan fingerprint density at radius 1 is 0.500 bits per heavy atom. The van der Waals surface area contributed by atoms with Crippen LogP contribution in [0.25, 0.3) is 65.1 Å².